The zero-order valence-corrected chi connectivity index (χ0v) is 15.5. The molecule has 2 aliphatic heterocycles. The van der Waals surface area contributed by atoms with E-state index in [-0.39, 0.29) is 30.0 Å². The van der Waals surface area contributed by atoms with Crippen LogP contribution in [0.5, 0.6) is 0 Å². The van der Waals surface area contributed by atoms with Crippen molar-refractivity contribution in [2.75, 3.05) is 6.54 Å². The molecule has 1 radical (unpaired) electrons. The second kappa shape index (κ2) is 8.90. The van der Waals surface area contributed by atoms with Crippen molar-refractivity contribution in [1.82, 2.24) is 10.8 Å². The number of benzene rings is 1. The number of Topliss-reactive ketones (excluding diaryl/α,β-unsaturated/α-hetero) is 1. The maximum Gasteiger partial charge on any atom is 0.242 e. The first kappa shape index (κ1) is 19.9. The maximum absolute atomic E-state index is 12.8. The minimum atomic E-state index is -1.00. The van der Waals surface area contributed by atoms with Crippen LogP contribution in [-0.4, -0.2) is 41.9 Å². The monoisotopic (exact) mass is 382 g/mol. The van der Waals surface area contributed by atoms with E-state index in [2.05, 4.69) is 22.7 Å². The van der Waals surface area contributed by atoms with Crippen LogP contribution in [0, 0.1) is 18.3 Å². The first-order chi connectivity index (χ1) is 13.5. The van der Waals surface area contributed by atoms with Crippen molar-refractivity contribution in [3.8, 4) is 0 Å². The van der Waals surface area contributed by atoms with E-state index in [4.69, 9.17) is 16.0 Å². The maximum atomic E-state index is 12.8. The summed E-state index contributed by atoms with van der Waals surface area (Å²) in [5.74, 6) is -1.66. The molecule has 5 N–H and O–H groups in total. The number of hydrogen-bond donors (Lipinski definition) is 4. The largest absolute Gasteiger partial charge is 0.368 e. The summed E-state index contributed by atoms with van der Waals surface area (Å²) in [5, 5.41) is 11.3. The van der Waals surface area contributed by atoms with Crippen LogP contribution in [0.1, 0.15) is 18.4 Å². The first-order valence-corrected chi connectivity index (χ1v) is 9.17. The lowest BCUT2D eigenvalue weighted by atomic mass is 9.84. The number of rotatable bonds is 7. The minimum absolute atomic E-state index is 0.130. The fourth-order valence-corrected chi connectivity index (χ4v) is 3.28. The predicted molar refractivity (Wildman–Crippen MR) is 105 cm³/mol. The number of dihydropyridines is 1. The van der Waals surface area contributed by atoms with Crippen molar-refractivity contribution in [2.24, 2.45) is 16.6 Å². The Hall–Kier alpha value is -2.84. The lowest BCUT2D eigenvalue weighted by Crippen LogP contribution is -2.44. The van der Waals surface area contributed by atoms with E-state index in [1.807, 2.05) is 30.3 Å². The number of carbonyl (C=O) groups is 2. The van der Waals surface area contributed by atoms with Gasteiger partial charge in [0.05, 0.1) is 12.6 Å². The summed E-state index contributed by atoms with van der Waals surface area (Å²) in [7, 11) is 0. The number of nitrogens with two attached hydrogens (primary N) is 1. The minimum Gasteiger partial charge on any atom is -0.368 e. The van der Waals surface area contributed by atoms with E-state index in [0.29, 0.717) is 5.57 Å². The quantitative estimate of drug-likeness (QED) is 0.313. The third-order valence-corrected chi connectivity index (χ3v) is 4.82. The molecule has 2 heterocycles. The Morgan fingerprint density at radius 1 is 1.36 bits per heavy atom. The molecule has 0 spiro atoms. The van der Waals surface area contributed by atoms with Gasteiger partial charge >= 0.3 is 0 Å². The lowest BCUT2D eigenvalue weighted by molar-refractivity contribution is -0.120. The highest BCUT2D eigenvalue weighted by Gasteiger charge is 2.36. The van der Waals surface area contributed by atoms with Gasteiger partial charge in [0.15, 0.2) is 11.6 Å². The SMILES string of the molecule is [CH2]C1C(C(=O)[C@@H]2CCCN2)=CC(C(=N)NOCc2ccccc2)=NC1C(N)=O. The smallest absolute Gasteiger partial charge is 0.242 e. The first-order valence-electron chi connectivity index (χ1n) is 9.17. The number of aliphatic imine (C=N–C) groups is 1. The standard InChI is InChI=1S/C20H24N5O3/c1-12-14(18(26)15-8-5-9-23-15)10-16(24-17(12)20(22)27)19(21)25-28-11-13-6-3-2-4-7-13/h2-4,6-7,10,12,15,17,23H,1,5,8-9,11H2,(H2,21,25)(H2,22,27)/t12?,15-,17?/m0/s1. The molecule has 0 bridgehead atoms. The predicted octanol–water partition coefficient (Wildman–Crippen LogP) is 0.691. The summed E-state index contributed by atoms with van der Waals surface area (Å²) in [6.07, 6.45) is 3.14. The van der Waals surface area contributed by atoms with E-state index in [9.17, 15) is 9.59 Å². The highest BCUT2D eigenvalue weighted by Crippen LogP contribution is 2.26. The van der Waals surface area contributed by atoms with E-state index in [1.54, 1.807) is 0 Å². The van der Waals surface area contributed by atoms with Crippen LogP contribution < -0.4 is 16.5 Å². The van der Waals surface area contributed by atoms with Gasteiger partial charge in [-0.25, -0.2) is 5.48 Å². The van der Waals surface area contributed by atoms with Crippen molar-refractivity contribution < 1.29 is 14.4 Å². The fourth-order valence-electron chi connectivity index (χ4n) is 3.28. The van der Waals surface area contributed by atoms with Gasteiger partial charge in [0.25, 0.3) is 0 Å². The van der Waals surface area contributed by atoms with Crippen LogP contribution in [0.3, 0.4) is 0 Å². The summed E-state index contributed by atoms with van der Waals surface area (Å²) in [4.78, 5) is 34.2. The van der Waals surface area contributed by atoms with Crippen LogP contribution in [0.15, 0.2) is 47.0 Å². The van der Waals surface area contributed by atoms with Crippen molar-refractivity contribution in [3.05, 3.63) is 54.5 Å². The molecule has 1 aromatic rings. The van der Waals surface area contributed by atoms with E-state index >= 15 is 0 Å². The van der Waals surface area contributed by atoms with Gasteiger partial charge in [-0.2, -0.15) is 0 Å². The Bertz CT molecular complexity index is 812. The Morgan fingerprint density at radius 2 is 2.11 bits per heavy atom. The molecule has 147 valence electrons. The van der Waals surface area contributed by atoms with Crippen molar-refractivity contribution in [1.29, 1.82) is 5.41 Å². The average Bonchev–Trinajstić information content (AvgIpc) is 3.23. The molecular weight excluding hydrogens is 358 g/mol. The van der Waals surface area contributed by atoms with Crippen LogP contribution in [-0.2, 0) is 21.0 Å². The number of carbonyl (C=O) groups excluding carboxylic acids is 2. The van der Waals surface area contributed by atoms with E-state index in [1.165, 1.54) is 6.08 Å². The molecule has 0 saturated carbocycles. The van der Waals surface area contributed by atoms with E-state index < -0.39 is 17.9 Å². The third kappa shape index (κ3) is 4.52. The summed E-state index contributed by atoms with van der Waals surface area (Å²) in [6.45, 7) is 4.94. The molecule has 3 rings (SSSR count). The average molecular weight is 382 g/mol. The Labute approximate surface area is 163 Å². The summed E-state index contributed by atoms with van der Waals surface area (Å²) < 4.78 is 0. The van der Waals surface area contributed by atoms with Gasteiger partial charge in [0.2, 0.25) is 5.91 Å². The van der Waals surface area contributed by atoms with Gasteiger partial charge in [-0.3, -0.25) is 24.8 Å². The number of amidine groups is 1. The molecule has 1 fully saturated rings. The van der Waals surface area contributed by atoms with Gasteiger partial charge in [0, 0.05) is 11.5 Å². The van der Waals surface area contributed by atoms with Gasteiger partial charge in [0.1, 0.15) is 11.8 Å². The van der Waals surface area contributed by atoms with Crippen LogP contribution >= 0.6 is 0 Å². The highest BCUT2D eigenvalue weighted by atomic mass is 16.6. The van der Waals surface area contributed by atoms with Crippen LogP contribution in [0.2, 0.25) is 0 Å². The number of nitrogens with one attached hydrogen (secondary N) is 3. The van der Waals surface area contributed by atoms with Crippen molar-refractivity contribution in [3.63, 3.8) is 0 Å². The number of amides is 1. The molecule has 28 heavy (non-hydrogen) atoms. The summed E-state index contributed by atoms with van der Waals surface area (Å²) >= 11 is 0. The van der Waals surface area contributed by atoms with Crippen LogP contribution in [0.4, 0.5) is 0 Å². The number of nitrogens with zero attached hydrogens (tertiary/aromatic N) is 1. The second-order valence-electron chi connectivity index (χ2n) is 6.83. The van der Waals surface area contributed by atoms with Gasteiger partial charge < -0.3 is 11.1 Å². The molecule has 0 aliphatic carbocycles. The zero-order valence-electron chi connectivity index (χ0n) is 15.5. The molecule has 3 atom stereocenters. The molecular formula is C20H24N5O3. The van der Waals surface area contributed by atoms with E-state index in [0.717, 1.165) is 24.9 Å². The molecule has 1 aromatic carbocycles. The summed E-state index contributed by atoms with van der Waals surface area (Å²) in [5.41, 5.74) is 9.38. The fraction of sp³-hybridized carbons (Fsp3) is 0.350. The molecule has 2 aliphatic rings. The van der Waals surface area contributed by atoms with Crippen molar-refractivity contribution >= 4 is 23.2 Å². The Balaban J connectivity index is 1.72. The van der Waals surface area contributed by atoms with Gasteiger partial charge in [-0.05, 0) is 37.9 Å². The zero-order chi connectivity index (χ0) is 20.1. The lowest BCUT2D eigenvalue weighted by Gasteiger charge is -2.27. The number of ketones is 1. The Morgan fingerprint density at radius 3 is 2.75 bits per heavy atom. The second-order valence-corrected chi connectivity index (χ2v) is 6.83. The number of hydrogen-bond acceptors (Lipinski definition) is 6. The molecule has 0 aromatic heterocycles. The molecule has 2 unspecified atom stereocenters. The Kier molecular flexibility index (Phi) is 6.33. The van der Waals surface area contributed by atoms with Crippen molar-refractivity contribution in [2.45, 2.75) is 31.5 Å². The third-order valence-electron chi connectivity index (χ3n) is 4.82. The molecule has 1 saturated heterocycles. The summed E-state index contributed by atoms with van der Waals surface area (Å²) in [6, 6.07) is 8.15. The van der Waals surface area contributed by atoms with Gasteiger partial charge in [-0.1, -0.05) is 30.3 Å². The topological polar surface area (TPSA) is 130 Å². The normalized spacial score (nSPS) is 24.2. The van der Waals surface area contributed by atoms with Gasteiger partial charge in [-0.15, -0.1) is 0 Å². The molecule has 8 nitrogen and oxygen atoms in total. The number of primary amides is 1. The number of hydroxylamine groups is 1. The highest BCUT2D eigenvalue weighted by molar-refractivity contribution is 6.45. The molecule has 1 amide bonds. The molecule has 8 heteroatoms. The van der Waals surface area contributed by atoms with Crippen LogP contribution in [0.25, 0.3) is 0 Å².